The first-order chi connectivity index (χ1) is 9.11. The fourth-order valence-corrected chi connectivity index (χ4v) is 3.41. The topological polar surface area (TPSA) is 55.8 Å². The number of nitrogens with one attached hydrogen (secondary N) is 1. The van der Waals surface area contributed by atoms with Crippen molar-refractivity contribution in [2.45, 2.75) is 51.2 Å². The molecule has 2 N–H and O–H groups in total. The van der Waals surface area contributed by atoms with Gasteiger partial charge in [0.15, 0.2) is 0 Å². The average molecular weight is 269 g/mol. The van der Waals surface area contributed by atoms with Gasteiger partial charge in [-0.2, -0.15) is 0 Å². The molecular formula is C14H27N3O2. The first kappa shape index (κ1) is 14.8. The van der Waals surface area contributed by atoms with E-state index < -0.39 is 12.0 Å². The van der Waals surface area contributed by atoms with Crippen LogP contribution >= 0.6 is 0 Å². The third-order valence-electron chi connectivity index (χ3n) is 4.52. The SMILES string of the molecule is CCNC(CCN1CC2CCCN2CC1C)C(=O)O. The van der Waals surface area contributed by atoms with Gasteiger partial charge in [0.25, 0.3) is 0 Å². The van der Waals surface area contributed by atoms with Crippen molar-refractivity contribution >= 4 is 5.97 Å². The molecule has 3 unspecified atom stereocenters. The van der Waals surface area contributed by atoms with Gasteiger partial charge in [0.2, 0.25) is 0 Å². The molecule has 0 aromatic carbocycles. The summed E-state index contributed by atoms with van der Waals surface area (Å²) in [6, 6.07) is 0.850. The quantitative estimate of drug-likeness (QED) is 0.740. The molecule has 0 spiro atoms. The molecule has 3 atom stereocenters. The van der Waals surface area contributed by atoms with Crippen LogP contribution in [-0.2, 0) is 4.79 Å². The lowest BCUT2D eigenvalue weighted by molar-refractivity contribution is -0.139. The Morgan fingerprint density at radius 2 is 2.26 bits per heavy atom. The van der Waals surface area contributed by atoms with E-state index in [0.717, 1.165) is 19.6 Å². The Bertz CT molecular complexity index is 311. The van der Waals surface area contributed by atoms with Crippen LogP contribution in [0.25, 0.3) is 0 Å². The van der Waals surface area contributed by atoms with E-state index >= 15 is 0 Å². The van der Waals surface area contributed by atoms with Gasteiger partial charge in [0, 0.05) is 31.7 Å². The molecule has 2 rings (SSSR count). The number of hydrogen-bond donors (Lipinski definition) is 2. The highest BCUT2D eigenvalue weighted by atomic mass is 16.4. The van der Waals surface area contributed by atoms with Crippen LogP contribution in [0.4, 0.5) is 0 Å². The highest BCUT2D eigenvalue weighted by Crippen LogP contribution is 2.24. The van der Waals surface area contributed by atoms with Crippen molar-refractivity contribution < 1.29 is 9.90 Å². The van der Waals surface area contributed by atoms with Crippen LogP contribution in [0.15, 0.2) is 0 Å². The Morgan fingerprint density at radius 1 is 1.47 bits per heavy atom. The summed E-state index contributed by atoms with van der Waals surface area (Å²) in [5.41, 5.74) is 0. The van der Waals surface area contributed by atoms with Crippen molar-refractivity contribution in [3.05, 3.63) is 0 Å². The molecule has 5 nitrogen and oxygen atoms in total. The fraction of sp³-hybridized carbons (Fsp3) is 0.929. The van der Waals surface area contributed by atoms with Crippen LogP contribution in [0, 0.1) is 0 Å². The Kier molecular flexibility index (Phi) is 5.19. The molecule has 19 heavy (non-hydrogen) atoms. The lowest BCUT2D eigenvalue weighted by Crippen LogP contribution is -2.55. The molecule has 2 heterocycles. The van der Waals surface area contributed by atoms with Crippen molar-refractivity contribution in [1.29, 1.82) is 0 Å². The van der Waals surface area contributed by atoms with Crippen LogP contribution in [0.3, 0.4) is 0 Å². The molecule has 2 aliphatic rings. The zero-order chi connectivity index (χ0) is 13.8. The second-order valence-electron chi connectivity index (χ2n) is 5.87. The number of carbonyl (C=O) groups is 1. The summed E-state index contributed by atoms with van der Waals surface area (Å²) in [6.45, 7) is 9.31. The van der Waals surface area contributed by atoms with Gasteiger partial charge >= 0.3 is 5.97 Å². The largest absolute Gasteiger partial charge is 0.480 e. The lowest BCUT2D eigenvalue weighted by atomic mass is 10.1. The highest BCUT2D eigenvalue weighted by Gasteiger charge is 2.34. The monoisotopic (exact) mass is 269 g/mol. The van der Waals surface area contributed by atoms with Crippen molar-refractivity contribution in [3.63, 3.8) is 0 Å². The van der Waals surface area contributed by atoms with E-state index in [2.05, 4.69) is 22.0 Å². The normalized spacial score (nSPS) is 30.2. The smallest absolute Gasteiger partial charge is 0.320 e. The van der Waals surface area contributed by atoms with Gasteiger partial charge in [-0.1, -0.05) is 6.92 Å². The van der Waals surface area contributed by atoms with Crippen molar-refractivity contribution in [3.8, 4) is 0 Å². The standard InChI is InChI=1S/C14H27N3O2/c1-3-15-13(14(18)19)6-8-16-10-12-5-4-7-17(12)9-11(16)2/h11-13,15H,3-10H2,1-2H3,(H,18,19). The summed E-state index contributed by atoms with van der Waals surface area (Å²) in [4.78, 5) is 16.2. The minimum atomic E-state index is -0.728. The zero-order valence-corrected chi connectivity index (χ0v) is 12.1. The number of likely N-dealkylation sites (N-methyl/N-ethyl adjacent to an activating group) is 1. The molecule has 2 saturated heterocycles. The zero-order valence-electron chi connectivity index (χ0n) is 12.1. The van der Waals surface area contributed by atoms with Gasteiger partial charge in [-0.25, -0.2) is 0 Å². The second-order valence-corrected chi connectivity index (χ2v) is 5.87. The van der Waals surface area contributed by atoms with Gasteiger partial charge in [-0.15, -0.1) is 0 Å². The number of rotatable bonds is 6. The summed E-state index contributed by atoms with van der Waals surface area (Å²) in [5, 5.41) is 12.2. The minimum Gasteiger partial charge on any atom is -0.480 e. The molecule has 0 aliphatic carbocycles. The number of nitrogens with zero attached hydrogens (tertiary/aromatic N) is 2. The van der Waals surface area contributed by atoms with E-state index in [1.807, 2.05) is 6.92 Å². The summed E-state index contributed by atoms with van der Waals surface area (Å²) in [5.74, 6) is -0.728. The van der Waals surface area contributed by atoms with Crippen LogP contribution < -0.4 is 5.32 Å². The van der Waals surface area contributed by atoms with E-state index in [1.54, 1.807) is 0 Å². The lowest BCUT2D eigenvalue weighted by Gasteiger charge is -2.42. The van der Waals surface area contributed by atoms with Crippen molar-refractivity contribution in [2.75, 3.05) is 32.7 Å². The van der Waals surface area contributed by atoms with Crippen molar-refractivity contribution in [2.24, 2.45) is 0 Å². The Hall–Kier alpha value is -0.650. The first-order valence-corrected chi connectivity index (χ1v) is 7.56. The molecule has 0 radical (unpaired) electrons. The van der Waals surface area contributed by atoms with Gasteiger partial charge in [-0.3, -0.25) is 14.6 Å². The predicted octanol–water partition coefficient (Wildman–Crippen LogP) is 0.608. The molecule has 0 saturated carbocycles. The van der Waals surface area contributed by atoms with Gasteiger partial charge < -0.3 is 10.4 Å². The number of aliphatic carboxylic acids is 1. The van der Waals surface area contributed by atoms with Gasteiger partial charge in [-0.05, 0) is 39.3 Å². The molecule has 110 valence electrons. The number of carboxylic acid groups (broad SMARTS) is 1. The van der Waals surface area contributed by atoms with E-state index in [4.69, 9.17) is 5.11 Å². The minimum absolute atomic E-state index is 0.404. The van der Waals surface area contributed by atoms with E-state index in [-0.39, 0.29) is 0 Å². The Labute approximate surface area is 115 Å². The highest BCUT2D eigenvalue weighted by molar-refractivity contribution is 5.73. The maximum absolute atomic E-state index is 11.1. The number of carboxylic acids is 1. The molecule has 0 bridgehead atoms. The predicted molar refractivity (Wildman–Crippen MR) is 75.3 cm³/mol. The summed E-state index contributed by atoms with van der Waals surface area (Å²) in [7, 11) is 0. The van der Waals surface area contributed by atoms with Crippen LogP contribution in [0.5, 0.6) is 0 Å². The van der Waals surface area contributed by atoms with Gasteiger partial charge in [0.05, 0.1) is 0 Å². The summed E-state index contributed by atoms with van der Waals surface area (Å²) < 4.78 is 0. The Balaban J connectivity index is 1.82. The summed E-state index contributed by atoms with van der Waals surface area (Å²) >= 11 is 0. The average Bonchev–Trinajstić information content (AvgIpc) is 2.80. The first-order valence-electron chi connectivity index (χ1n) is 7.56. The number of fused-ring (bicyclic) bond motifs is 1. The molecule has 0 amide bonds. The maximum Gasteiger partial charge on any atom is 0.320 e. The fourth-order valence-electron chi connectivity index (χ4n) is 3.41. The van der Waals surface area contributed by atoms with Crippen LogP contribution in [0.2, 0.25) is 0 Å². The molecule has 0 aromatic rings. The molecule has 2 aliphatic heterocycles. The van der Waals surface area contributed by atoms with Crippen LogP contribution in [-0.4, -0.2) is 71.7 Å². The second kappa shape index (κ2) is 6.68. The van der Waals surface area contributed by atoms with Gasteiger partial charge in [0.1, 0.15) is 6.04 Å². The molecule has 2 fully saturated rings. The Morgan fingerprint density at radius 3 is 2.95 bits per heavy atom. The molecular weight excluding hydrogens is 242 g/mol. The number of hydrogen-bond acceptors (Lipinski definition) is 4. The van der Waals surface area contributed by atoms with Crippen molar-refractivity contribution in [1.82, 2.24) is 15.1 Å². The maximum atomic E-state index is 11.1. The van der Waals surface area contributed by atoms with E-state index in [9.17, 15) is 4.79 Å². The molecule has 5 heteroatoms. The third-order valence-corrected chi connectivity index (χ3v) is 4.52. The van der Waals surface area contributed by atoms with E-state index in [0.29, 0.717) is 25.0 Å². The third kappa shape index (κ3) is 3.68. The summed E-state index contributed by atoms with van der Waals surface area (Å²) in [6.07, 6.45) is 3.32. The van der Waals surface area contributed by atoms with E-state index in [1.165, 1.54) is 19.4 Å². The number of piperazine rings is 1. The molecule has 0 aromatic heterocycles. The van der Waals surface area contributed by atoms with Crippen LogP contribution in [0.1, 0.15) is 33.1 Å².